The van der Waals surface area contributed by atoms with E-state index in [4.69, 9.17) is 0 Å². The number of halogens is 2. The fourth-order valence-electron chi connectivity index (χ4n) is 2.71. The molecule has 0 aliphatic carbocycles. The summed E-state index contributed by atoms with van der Waals surface area (Å²) in [6, 6.07) is 6.28. The Hall–Kier alpha value is -0.350. The Morgan fingerprint density at radius 1 is 1.47 bits per heavy atom. The van der Waals surface area contributed by atoms with E-state index in [9.17, 15) is 4.79 Å². The SMILES string of the molecule is Cc1c(Br)cccc1C(=O)N1CCCC1CCCBr. The highest BCUT2D eigenvalue weighted by molar-refractivity contribution is 9.10. The van der Waals surface area contributed by atoms with E-state index in [1.54, 1.807) is 0 Å². The lowest BCUT2D eigenvalue weighted by molar-refractivity contribution is 0.0729. The third-order valence-electron chi connectivity index (χ3n) is 3.81. The van der Waals surface area contributed by atoms with Crippen LogP contribution in [0.3, 0.4) is 0 Å². The Labute approximate surface area is 131 Å². The maximum atomic E-state index is 12.7. The van der Waals surface area contributed by atoms with Crippen LogP contribution < -0.4 is 0 Å². The van der Waals surface area contributed by atoms with E-state index in [1.807, 2.05) is 25.1 Å². The standard InChI is InChI=1S/C15H19Br2NO/c1-11-13(7-2-8-14(11)17)15(19)18-10-4-6-12(18)5-3-9-16/h2,7-8,12H,3-6,9-10H2,1H3. The van der Waals surface area contributed by atoms with Gasteiger partial charge in [0.25, 0.3) is 5.91 Å². The lowest BCUT2D eigenvalue weighted by atomic mass is 10.1. The van der Waals surface area contributed by atoms with E-state index in [2.05, 4.69) is 36.8 Å². The molecule has 1 unspecified atom stereocenters. The van der Waals surface area contributed by atoms with Gasteiger partial charge in [-0.3, -0.25) is 4.79 Å². The Kier molecular flexibility index (Phi) is 5.46. The summed E-state index contributed by atoms with van der Waals surface area (Å²) < 4.78 is 1.01. The van der Waals surface area contributed by atoms with E-state index in [1.165, 1.54) is 0 Å². The number of likely N-dealkylation sites (tertiary alicyclic amines) is 1. The van der Waals surface area contributed by atoms with Crippen molar-refractivity contribution in [2.45, 2.75) is 38.6 Å². The van der Waals surface area contributed by atoms with E-state index in [-0.39, 0.29) is 5.91 Å². The molecule has 1 amide bonds. The molecule has 1 aromatic rings. The highest BCUT2D eigenvalue weighted by Crippen LogP contribution is 2.27. The van der Waals surface area contributed by atoms with Crippen molar-refractivity contribution >= 4 is 37.8 Å². The van der Waals surface area contributed by atoms with Crippen LogP contribution in [0, 0.1) is 6.92 Å². The summed E-state index contributed by atoms with van der Waals surface area (Å²) in [4.78, 5) is 14.8. The van der Waals surface area contributed by atoms with Crippen molar-refractivity contribution in [3.8, 4) is 0 Å². The van der Waals surface area contributed by atoms with Crippen molar-refractivity contribution in [3.05, 3.63) is 33.8 Å². The molecule has 2 nitrogen and oxygen atoms in total. The van der Waals surface area contributed by atoms with Crippen LogP contribution in [0.1, 0.15) is 41.6 Å². The summed E-state index contributed by atoms with van der Waals surface area (Å²) in [5.74, 6) is 0.191. The lowest BCUT2D eigenvalue weighted by Gasteiger charge is -2.25. The Morgan fingerprint density at radius 2 is 2.26 bits per heavy atom. The van der Waals surface area contributed by atoms with E-state index in [0.29, 0.717) is 6.04 Å². The molecule has 1 aromatic carbocycles. The summed E-state index contributed by atoms with van der Waals surface area (Å²) >= 11 is 6.97. The number of nitrogens with zero attached hydrogens (tertiary/aromatic N) is 1. The maximum Gasteiger partial charge on any atom is 0.254 e. The van der Waals surface area contributed by atoms with Gasteiger partial charge >= 0.3 is 0 Å². The van der Waals surface area contributed by atoms with Crippen LogP contribution in [-0.4, -0.2) is 28.7 Å². The molecule has 1 fully saturated rings. The van der Waals surface area contributed by atoms with Crippen molar-refractivity contribution in [2.24, 2.45) is 0 Å². The van der Waals surface area contributed by atoms with Gasteiger partial charge in [-0.25, -0.2) is 0 Å². The topological polar surface area (TPSA) is 20.3 Å². The first-order chi connectivity index (χ1) is 9.15. The van der Waals surface area contributed by atoms with Crippen LogP contribution in [-0.2, 0) is 0 Å². The predicted molar refractivity (Wildman–Crippen MR) is 86.0 cm³/mol. The normalized spacial score (nSPS) is 18.9. The van der Waals surface area contributed by atoms with Gasteiger partial charge in [-0.15, -0.1) is 0 Å². The molecule has 19 heavy (non-hydrogen) atoms. The number of hydrogen-bond donors (Lipinski definition) is 0. The summed E-state index contributed by atoms with van der Waals surface area (Å²) in [5, 5.41) is 1.02. The minimum atomic E-state index is 0.191. The van der Waals surface area contributed by atoms with Crippen LogP contribution in [0.5, 0.6) is 0 Å². The van der Waals surface area contributed by atoms with Gasteiger partial charge in [-0.05, 0) is 50.3 Å². The number of hydrogen-bond acceptors (Lipinski definition) is 1. The average Bonchev–Trinajstić information content (AvgIpc) is 2.87. The summed E-state index contributed by atoms with van der Waals surface area (Å²) in [6.07, 6.45) is 4.51. The molecule has 1 atom stereocenters. The second-order valence-corrected chi connectivity index (χ2v) is 6.69. The highest BCUT2D eigenvalue weighted by atomic mass is 79.9. The number of benzene rings is 1. The zero-order chi connectivity index (χ0) is 13.8. The molecule has 1 aliphatic rings. The van der Waals surface area contributed by atoms with Gasteiger partial charge in [0.15, 0.2) is 0 Å². The molecule has 2 rings (SSSR count). The average molecular weight is 389 g/mol. The van der Waals surface area contributed by atoms with Gasteiger partial charge < -0.3 is 4.90 Å². The molecule has 1 aliphatic heterocycles. The lowest BCUT2D eigenvalue weighted by Crippen LogP contribution is -2.36. The Bertz CT molecular complexity index is 461. The molecule has 4 heteroatoms. The third-order valence-corrected chi connectivity index (χ3v) is 5.23. The molecular weight excluding hydrogens is 370 g/mol. The largest absolute Gasteiger partial charge is 0.336 e. The minimum Gasteiger partial charge on any atom is -0.336 e. The Morgan fingerprint density at radius 3 is 3.00 bits per heavy atom. The second-order valence-electron chi connectivity index (χ2n) is 5.04. The van der Waals surface area contributed by atoms with Crippen molar-refractivity contribution < 1.29 is 4.79 Å². The summed E-state index contributed by atoms with van der Waals surface area (Å²) in [6.45, 7) is 2.90. The number of amides is 1. The van der Waals surface area contributed by atoms with Gasteiger partial charge in [-0.1, -0.05) is 37.9 Å². The van der Waals surface area contributed by atoms with Crippen molar-refractivity contribution in [2.75, 3.05) is 11.9 Å². The van der Waals surface area contributed by atoms with Crippen molar-refractivity contribution in [1.29, 1.82) is 0 Å². The molecule has 104 valence electrons. The quantitative estimate of drug-likeness (QED) is 0.693. The molecule has 0 radical (unpaired) electrons. The van der Waals surface area contributed by atoms with Crippen LogP contribution in [0.4, 0.5) is 0 Å². The number of carbonyl (C=O) groups excluding carboxylic acids is 1. The van der Waals surface area contributed by atoms with Crippen LogP contribution in [0.2, 0.25) is 0 Å². The molecule has 0 bridgehead atoms. The van der Waals surface area contributed by atoms with Crippen LogP contribution >= 0.6 is 31.9 Å². The number of rotatable bonds is 4. The Balaban J connectivity index is 2.16. The minimum absolute atomic E-state index is 0.191. The molecule has 0 spiro atoms. The second kappa shape index (κ2) is 6.89. The van der Waals surface area contributed by atoms with Crippen LogP contribution in [0.25, 0.3) is 0 Å². The third kappa shape index (κ3) is 3.40. The summed E-state index contributed by atoms with van der Waals surface area (Å²) in [5.41, 5.74) is 1.87. The fraction of sp³-hybridized carbons (Fsp3) is 0.533. The first kappa shape index (κ1) is 15.0. The predicted octanol–water partition coefficient (Wildman–Crippen LogP) is 4.54. The molecule has 0 aromatic heterocycles. The first-order valence-corrected chi connectivity index (χ1v) is 8.68. The van der Waals surface area contributed by atoms with Crippen LogP contribution in [0.15, 0.2) is 22.7 Å². The zero-order valence-electron chi connectivity index (χ0n) is 11.2. The van der Waals surface area contributed by atoms with Gasteiger partial charge in [0.2, 0.25) is 0 Å². The first-order valence-electron chi connectivity index (χ1n) is 6.77. The van der Waals surface area contributed by atoms with Gasteiger partial charge in [0.05, 0.1) is 0 Å². The maximum absolute atomic E-state index is 12.7. The zero-order valence-corrected chi connectivity index (χ0v) is 14.3. The van der Waals surface area contributed by atoms with Gasteiger partial charge in [-0.2, -0.15) is 0 Å². The van der Waals surface area contributed by atoms with Crippen molar-refractivity contribution in [1.82, 2.24) is 4.90 Å². The highest BCUT2D eigenvalue weighted by Gasteiger charge is 2.29. The van der Waals surface area contributed by atoms with Gasteiger partial charge in [0, 0.05) is 28.0 Å². The van der Waals surface area contributed by atoms with Crippen molar-refractivity contribution in [3.63, 3.8) is 0 Å². The molecule has 1 saturated heterocycles. The smallest absolute Gasteiger partial charge is 0.254 e. The monoisotopic (exact) mass is 387 g/mol. The van der Waals surface area contributed by atoms with Gasteiger partial charge in [0.1, 0.15) is 0 Å². The molecule has 0 saturated carbocycles. The van der Waals surface area contributed by atoms with E-state index < -0.39 is 0 Å². The summed E-state index contributed by atoms with van der Waals surface area (Å²) in [7, 11) is 0. The fourth-order valence-corrected chi connectivity index (χ4v) is 3.40. The molecule has 1 heterocycles. The number of alkyl halides is 1. The van der Waals surface area contributed by atoms with E-state index in [0.717, 1.165) is 53.2 Å². The molecule has 0 N–H and O–H groups in total. The van der Waals surface area contributed by atoms with E-state index >= 15 is 0 Å². The molecular formula is C15H19Br2NO. The number of carbonyl (C=O) groups is 1.